The standard InChI is InChI=1S/C17H16F3NO6S/c18-17(19,20)28(23,24)27-13-8-11-2-3-12(9-13)21(11)16(22)10-1-4-14-15(7-10)26-6-5-25-14/h1,4,7-8,11-12H,2-3,5-6,9H2. The van der Waals surface area contributed by atoms with Gasteiger partial charge in [0.25, 0.3) is 5.91 Å². The van der Waals surface area contributed by atoms with Crippen molar-refractivity contribution in [2.24, 2.45) is 0 Å². The number of hydrogen-bond acceptors (Lipinski definition) is 6. The van der Waals surface area contributed by atoms with Crippen molar-refractivity contribution in [3.63, 3.8) is 0 Å². The fourth-order valence-corrected chi connectivity index (χ4v) is 4.18. The first-order chi connectivity index (χ1) is 13.2. The maximum atomic E-state index is 13.0. The SMILES string of the molecule is O=C(c1ccc2c(c1)OCCO2)N1C2C=C(OS(=O)(=O)C(F)(F)F)CC1CC2. The van der Waals surface area contributed by atoms with Crippen molar-refractivity contribution < 1.29 is 40.0 Å². The lowest BCUT2D eigenvalue weighted by Crippen LogP contribution is -2.43. The van der Waals surface area contributed by atoms with Gasteiger partial charge >= 0.3 is 15.6 Å². The summed E-state index contributed by atoms with van der Waals surface area (Å²) in [5.41, 5.74) is -5.13. The number of benzene rings is 1. The van der Waals surface area contributed by atoms with Crippen LogP contribution in [0.25, 0.3) is 0 Å². The van der Waals surface area contributed by atoms with Crippen LogP contribution in [0.3, 0.4) is 0 Å². The summed E-state index contributed by atoms with van der Waals surface area (Å²) in [4.78, 5) is 14.5. The van der Waals surface area contributed by atoms with Crippen LogP contribution < -0.4 is 9.47 Å². The largest absolute Gasteiger partial charge is 0.534 e. The molecule has 0 aliphatic carbocycles. The predicted octanol–water partition coefficient (Wildman–Crippen LogP) is 2.58. The van der Waals surface area contributed by atoms with Crippen LogP contribution in [0.5, 0.6) is 11.5 Å². The minimum absolute atomic E-state index is 0.0951. The fraction of sp³-hybridized carbons (Fsp3) is 0.471. The van der Waals surface area contributed by atoms with E-state index in [1.165, 1.54) is 6.08 Å². The average molecular weight is 419 g/mol. The number of halogens is 3. The van der Waals surface area contributed by atoms with Gasteiger partial charge in [-0.25, -0.2) is 0 Å². The van der Waals surface area contributed by atoms with Crippen molar-refractivity contribution in [2.45, 2.75) is 36.9 Å². The molecule has 11 heteroatoms. The Balaban J connectivity index is 1.55. The van der Waals surface area contributed by atoms with Crippen molar-refractivity contribution in [1.29, 1.82) is 0 Å². The molecular weight excluding hydrogens is 403 g/mol. The summed E-state index contributed by atoms with van der Waals surface area (Å²) in [6.45, 7) is 0.793. The molecule has 2 unspecified atom stereocenters. The van der Waals surface area contributed by atoms with E-state index in [1.807, 2.05) is 0 Å². The molecule has 0 N–H and O–H groups in total. The number of nitrogens with zero attached hydrogens (tertiary/aromatic N) is 1. The lowest BCUT2D eigenvalue weighted by atomic mass is 10.1. The van der Waals surface area contributed by atoms with Gasteiger partial charge in [-0.3, -0.25) is 4.79 Å². The highest BCUT2D eigenvalue weighted by atomic mass is 32.2. The molecule has 7 nitrogen and oxygen atoms in total. The molecule has 3 heterocycles. The Morgan fingerprint density at radius 1 is 1.14 bits per heavy atom. The maximum absolute atomic E-state index is 13.0. The Labute approximate surface area is 158 Å². The van der Waals surface area contributed by atoms with E-state index in [1.54, 1.807) is 23.1 Å². The number of rotatable bonds is 3. The van der Waals surface area contributed by atoms with Crippen LogP contribution in [0.4, 0.5) is 13.2 Å². The van der Waals surface area contributed by atoms with E-state index in [4.69, 9.17) is 9.47 Å². The molecular formula is C17H16F3NO6S. The third-order valence-electron chi connectivity index (χ3n) is 4.89. The Bertz CT molecular complexity index is 943. The van der Waals surface area contributed by atoms with Crippen LogP contribution in [-0.2, 0) is 14.3 Å². The van der Waals surface area contributed by atoms with Crippen LogP contribution in [0.1, 0.15) is 29.6 Å². The zero-order chi connectivity index (χ0) is 20.1. The van der Waals surface area contributed by atoms with Gasteiger partial charge < -0.3 is 18.6 Å². The summed E-state index contributed by atoms with van der Waals surface area (Å²) in [6, 6.07) is 3.83. The average Bonchev–Trinajstić information content (AvgIpc) is 2.90. The summed E-state index contributed by atoms with van der Waals surface area (Å²) < 4.78 is 75.2. The van der Waals surface area contributed by atoms with Crippen molar-refractivity contribution in [3.8, 4) is 11.5 Å². The van der Waals surface area contributed by atoms with Crippen LogP contribution in [0.15, 0.2) is 30.0 Å². The fourth-order valence-electron chi connectivity index (χ4n) is 3.68. The summed E-state index contributed by atoms with van der Waals surface area (Å²) in [5, 5.41) is 0. The molecule has 1 amide bonds. The second kappa shape index (κ2) is 6.57. The lowest BCUT2D eigenvalue weighted by molar-refractivity contribution is -0.0526. The number of carbonyl (C=O) groups excluding carboxylic acids is 1. The first-order valence-electron chi connectivity index (χ1n) is 8.59. The molecule has 152 valence electrons. The van der Waals surface area contributed by atoms with Gasteiger partial charge in [0.2, 0.25) is 0 Å². The van der Waals surface area contributed by atoms with Gasteiger partial charge in [0.1, 0.15) is 19.0 Å². The molecule has 3 aliphatic heterocycles. The van der Waals surface area contributed by atoms with Crippen molar-refractivity contribution in [3.05, 3.63) is 35.6 Å². The van der Waals surface area contributed by atoms with Crippen molar-refractivity contribution in [1.82, 2.24) is 4.90 Å². The third kappa shape index (κ3) is 3.27. The zero-order valence-electron chi connectivity index (χ0n) is 14.4. The number of hydrogen-bond donors (Lipinski definition) is 0. The van der Waals surface area contributed by atoms with Gasteiger partial charge in [-0.2, -0.15) is 21.6 Å². The van der Waals surface area contributed by atoms with E-state index < -0.39 is 27.7 Å². The van der Waals surface area contributed by atoms with Crippen LogP contribution in [0, 0.1) is 0 Å². The second-order valence-corrected chi connectivity index (χ2v) is 8.23. The molecule has 28 heavy (non-hydrogen) atoms. The smallest absolute Gasteiger partial charge is 0.486 e. The van der Waals surface area contributed by atoms with Gasteiger partial charge in [-0.1, -0.05) is 0 Å². The van der Waals surface area contributed by atoms with Gasteiger partial charge in [0.15, 0.2) is 11.5 Å². The predicted molar refractivity (Wildman–Crippen MR) is 89.2 cm³/mol. The van der Waals surface area contributed by atoms with Crippen molar-refractivity contribution in [2.75, 3.05) is 13.2 Å². The highest BCUT2D eigenvalue weighted by Gasteiger charge is 2.50. The van der Waals surface area contributed by atoms with Crippen molar-refractivity contribution >= 4 is 16.0 Å². The monoisotopic (exact) mass is 419 g/mol. The van der Waals surface area contributed by atoms with Crippen LogP contribution in [0.2, 0.25) is 0 Å². The van der Waals surface area contributed by atoms with E-state index >= 15 is 0 Å². The zero-order valence-corrected chi connectivity index (χ0v) is 15.3. The van der Waals surface area contributed by atoms with Crippen LogP contribution >= 0.6 is 0 Å². The Hall–Kier alpha value is -2.43. The summed E-state index contributed by atoms with van der Waals surface area (Å²) in [5.74, 6) is 0.407. The second-order valence-electron chi connectivity index (χ2n) is 6.69. The first-order valence-corrected chi connectivity index (χ1v) is 10.0. The number of carbonyl (C=O) groups is 1. The summed E-state index contributed by atoms with van der Waals surface area (Å²) in [7, 11) is -5.72. The molecule has 0 spiro atoms. The molecule has 2 bridgehead atoms. The third-order valence-corrected chi connectivity index (χ3v) is 5.89. The number of amides is 1. The molecule has 1 fully saturated rings. The number of alkyl halides is 3. The topological polar surface area (TPSA) is 82.1 Å². The highest BCUT2D eigenvalue weighted by Crippen LogP contribution is 2.39. The van der Waals surface area contributed by atoms with Gasteiger partial charge in [0, 0.05) is 18.0 Å². The van der Waals surface area contributed by atoms with E-state index in [-0.39, 0.29) is 18.1 Å². The maximum Gasteiger partial charge on any atom is 0.534 e. The molecule has 2 atom stereocenters. The molecule has 0 radical (unpaired) electrons. The Morgan fingerprint density at radius 2 is 1.86 bits per heavy atom. The normalized spacial score (nSPS) is 24.0. The van der Waals surface area contributed by atoms with E-state index in [2.05, 4.69) is 4.18 Å². The minimum Gasteiger partial charge on any atom is -0.486 e. The molecule has 0 aromatic heterocycles. The van der Waals surface area contributed by atoms with E-state index in [0.29, 0.717) is 43.1 Å². The quantitative estimate of drug-likeness (QED) is 0.553. The molecule has 3 aliphatic rings. The highest BCUT2D eigenvalue weighted by molar-refractivity contribution is 7.87. The Morgan fingerprint density at radius 3 is 2.54 bits per heavy atom. The van der Waals surface area contributed by atoms with Gasteiger partial charge in [-0.05, 0) is 37.1 Å². The lowest BCUT2D eigenvalue weighted by Gasteiger charge is -2.33. The minimum atomic E-state index is -5.72. The summed E-state index contributed by atoms with van der Waals surface area (Å²) in [6.07, 6.45) is 2.24. The molecule has 4 rings (SSSR count). The molecule has 0 saturated carbocycles. The van der Waals surface area contributed by atoms with Crippen LogP contribution in [-0.4, -0.2) is 50.0 Å². The molecule has 1 aromatic carbocycles. The molecule has 1 aromatic rings. The van der Waals surface area contributed by atoms with E-state index in [0.717, 1.165) is 0 Å². The number of fused-ring (bicyclic) bond motifs is 3. The first kappa shape index (κ1) is 18.9. The van der Waals surface area contributed by atoms with E-state index in [9.17, 15) is 26.4 Å². The van der Waals surface area contributed by atoms with Gasteiger partial charge in [0.05, 0.1) is 6.04 Å². The molecule has 1 saturated heterocycles. The summed E-state index contributed by atoms with van der Waals surface area (Å²) >= 11 is 0. The number of ether oxygens (including phenoxy) is 2. The van der Waals surface area contributed by atoms with Gasteiger partial charge in [-0.15, -0.1) is 0 Å². The Kier molecular flexibility index (Phi) is 4.44.